The predicted molar refractivity (Wildman–Crippen MR) is 106 cm³/mol. The second kappa shape index (κ2) is 11.8. The lowest BCUT2D eigenvalue weighted by atomic mass is 10.2. The van der Waals surface area contributed by atoms with Crippen LogP contribution < -0.4 is 30.3 Å². The zero-order chi connectivity index (χ0) is 21.1. The number of anilines is 1. The molecule has 4 N–H and O–H groups in total. The molecule has 1 aromatic rings. The number of rotatable bonds is 10. The van der Waals surface area contributed by atoms with Gasteiger partial charge in [0.25, 0.3) is 11.8 Å². The van der Waals surface area contributed by atoms with E-state index in [2.05, 4.69) is 16.0 Å². The number of carbonyl (C=O) groups is 3. The minimum atomic E-state index is -0.546. The molecule has 0 spiro atoms. The Hall–Kier alpha value is -2.81. The molecule has 156 valence electrons. The van der Waals surface area contributed by atoms with Crippen LogP contribution in [-0.4, -0.2) is 57.2 Å². The fraction of sp³-hybridized carbons (Fsp3) is 0.526. The Labute approximate surface area is 165 Å². The van der Waals surface area contributed by atoms with E-state index in [-0.39, 0.29) is 25.0 Å². The van der Waals surface area contributed by atoms with Crippen molar-refractivity contribution in [1.82, 2.24) is 10.6 Å². The van der Waals surface area contributed by atoms with Gasteiger partial charge in [-0.25, -0.2) is 4.79 Å². The number of nitrogens with one attached hydrogen (secondary N) is 4. The van der Waals surface area contributed by atoms with E-state index in [1.807, 2.05) is 13.8 Å². The van der Waals surface area contributed by atoms with Crippen molar-refractivity contribution >= 4 is 23.5 Å². The maximum Gasteiger partial charge on any atom is 0.321 e. The molecule has 1 rings (SSSR count). The number of likely N-dealkylation sites (N-methyl/N-ethyl adjacent to an activating group) is 1. The van der Waals surface area contributed by atoms with Gasteiger partial charge in [-0.1, -0.05) is 0 Å². The molecule has 0 radical (unpaired) electrons. The number of carbonyl (C=O) groups excluding carboxylic acids is 3. The van der Waals surface area contributed by atoms with E-state index in [9.17, 15) is 14.4 Å². The molecule has 1 unspecified atom stereocenters. The van der Waals surface area contributed by atoms with Crippen molar-refractivity contribution < 1.29 is 28.8 Å². The summed E-state index contributed by atoms with van der Waals surface area (Å²) in [5.41, 5.74) is 0.575. The lowest BCUT2D eigenvalue weighted by molar-refractivity contribution is -0.862. The third-order valence-electron chi connectivity index (χ3n) is 3.42. The molecule has 0 aromatic heterocycles. The van der Waals surface area contributed by atoms with Gasteiger partial charge in [-0.05, 0) is 39.8 Å². The fourth-order valence-electron chi connectivity index (χ4n) is 2.41. The van der Waals surface area contributed by atoms with Crippen molar-refractivity contribution in [2.24, 2.45) is 0 Å². The zero-order valence-electron chi connectivity index (χ0n) is 17.2. The van der Waals surface area contributed by atoms with Crippen LogP contribution in [0.1, 0.15) is 27.7 Å². The summed E-state index contributed by atoms with van der Waals surface area (Å²) in [7, 11) is 1.70. The first-order chi connectivity index (χ1) is 13.2. The average Bonchev–Trinajstić information content (AvgIpc) is 2.56. The summed E-state index contributed by atoms with van der Waals surface area (Å²) in [5.74, 6) is 0.450. The number of urea groups is 1. The maximum absolute atomic E-state index is 12.2. The van der Waals surface area contributed by atoms with Gasteiger partial charge in [-0.2, -0.15) is 0 Å². The molecule has 0 saturated heterocycles. The number of amides is 4. The highest BCUT2D eigenvalue weighted by molar-refractivity contribution is 5.95. The van der Waals surface area contributed by atoms with Crippen molar-refractivity contribution in [3.05, 3.63) is 18.2 Å². The highest BCUT2D eigenvalue weighted by Gasteiger charge is 2.17. The Morgan fingerprint density at radius 2 is 1.61 bits per heavy atom. The first-order valence-electron chi connectivity index (χ1n) is 9.36. The molecule has 0 aliphatic heterocycles. The van der Waals surface area contributed by atoms with E-state index in [0.717, 1.165) is 0 Å². The van der Waals surface area contributed by atoms with Gasteiger partial charge in [0.2, 0.25) is 0 Å². The molecule has 1 aromatic carbocycles. The zero-order valence-corrected chi connectivity index (χ0v) is 17.2. The molecule has 9 heteroatoms. The van der Waals surface area contributed by atoms with Crippen LogP contribution in [0.2, 0.25) is 0 Å². The van der Waals surface area contributed by atoms with Crippen molar-refractivity contribution in [3.8, 4) is 11.5 Å². The molecule has 0 fully saturated rings. The van der Waals surface area contributed by atoms with Gasteiger partial charge in [-0.3, -0.25) is 14.9 Å². The van der Waals surface area contributed by atoms with Crippen molar-refractivity contribution in [1.29, 1.82) is 0 Å². The van der Waals surface area contributed by atoms with E-state index in [1.54, 1.807) is 39.1 Å². The number of imide groups is 1. The fourth-order valence-corrected chi connectivity index (χ4v) is 2.41. The number of hydrogen-bond acceptors (Lipinski definition) is 5. The summed E-state index contributed by atoms with van der Waals surface area (Å²) in [5, 5.41) is 7.58. The highest BCUT2D eigenvalue weighted by Crippen LogP contribution is 2.30. The van der Waals surface area contributed by atoms with E-state index >= 15 is 0 Å². The van der Waals surface area contributed by atoms with Crippen molar-refractivity contribution in [3.63, 3.8) is 0 Å². The molecule has 9 nitrogen and oxygen atoms in total. The molecule has 0 bridgehead atoms. The van der Waals surface area contributed by atoms with E-state index < -0.39 is 11.9 Å². The monoisotopic (exact) mass is 395 g/mol. The number of benzene rings is 1. The van der Waals surface area contributed by atoms with Crippen LogP contribution in [0.5, 0.6) is 11.5 Å². The molecule has 0 saturated carbocycles. The van der Waals surface area contributed by atoms with E-state index in [4.69, 9.17) is 9.47 Å². The summed E-state index contributed by atoms with van der Waals surface area (Å²) in [6.45, 7) is 8.38. The Kier molecular flexibility index (Phi) is 9.80. The van der Waals surface area contributed by atoms with Gasteiger partial charge in [0.15, 0.2) is 24.6 Å². The Morgan fingerprint density at radius 3 is 2.21 bits per heavy atom. The Bertz CT molecular complexity index is 678. The van der Waals surface area contributed by atoms with Gasteiger partial charge < -0.3 is 25.0 Å². The van der Waals surface area contributed by atoms with Crippen LogP contribution in [0.15, 0.2) is 18.2 Å². The summed E-state index contributed by atoms with van der Waals surface area (Å²) in [6, 6.07) is 4.55. The summed E-state index contributed by atoms with van der Waals surface area (Å²) in [4.78, 5) is 36.2. The average molecular weight is 395 g/mol. The number of quaternary nitrogens is 1. The molecule has 0 heterocycles. The molecular weight excluding hydrogens is 364 g/mol. The molecule has 0 aliphatic carbocycles. The largest absolute Gasteiger partial charge is 0.490 e. The summed E-state index contributed by atoms with van der Waals surface area (Å²) >= 11 is 0. The molecule has 4 amide bonds. The second-order valence-electron chi connectivity index (χ2n) is 6.56. The first-order valence-corrected chi connectivity index (χ1v) is 9.36. The van der Waals surface area contributed by atoms with Gasteiger partial charge >= 0.3 is 6.03 Å². The van der Waals surface area contributed by atoms with Crippen LogP contribution >= 0.6 is 0 Å². The lowest BCUT2D eigenvalue weighted by Crippen LogP contribution is -3.11. The van der Waals surface area contributed by atoms with Crippen LogP contribution in [0, 0.1) is 0 Å². The number of ether oxygens (including phenoxy) is 2. The van der Waals surface area contributed by atoms with Gasteiger partial charge in [0, 0.05) is 17.8 Å². The predicted octanol–water partition coefficient (Wildman–Crippen LogP) is 0.171. The van der Waals surface area contributed by atoms with Gasteiger partial charge in [0.1, 0.15) is 0 Å². The quantitative estimate of drug-likeness (QED) is 0.452. The lowest BCUT2D eigenvalue weighted by Gasteiger charge is -2.15. The van der Waals surface area contributed by atoms with Gasteiger partial charge in [-0.15, -0.1) is 0 Å². The normalized spacial score (nSPS) is 11.5. The Balaban J connectivity index is 2.55. The minimum absolute atomic E-state index is 0.00753. The molecule has 0 aliphatic rings. The summed E-state index contributed by atoms with van der Waals surface area (Å²) in [6.07, 6.45) is 0. The smallest absolute Gasteiger partial charge is 0.321 e. The van der Waals surface area contributed by atoms with E-state index in [1.165, 1.54) is 0 Å². The minimum Gasteiger partial charge on any atom is -0.490 e. The second-order valence-corrected chi connectivity index (χ2v) is 6.56. The van der Waals surface area contributed by atoms with Crippen LogP contribution in [-0.2, 0) is 9.59 Å². The number of hydrogen-bond donors (Lipinski definition) is 4. The Morgan fingerprint density at radius 1 is 1.00 bits per heavy atom. The van der Waals surface area contributed by atoms with Gasteiger partial charge in [0.05, 0.1) is 20.3 Å². The van der Waals surface area contributed by atoms with Crippen LogP contribution in [0.4, 0.5) is 10.5 Å². The van der Waals surface area contributed by atoms with Crippen LogP contribution in [0.3, 0.4) is 0 Å². The third-order valence-corrected chi connectivity index (χ3v) is 3.42. The maximum atomic E-state index is 12.2. The van der Waals surface area contributed by atoms with Crippen molar-refractivity contribution in [2.75, 3.05) is 38.7 Å². The first kappa shape index (κ1) is 23.2. The topological polar surface area (TPSA) is 110 Å². The standard InChI is InChI=1S/C19H30N4O5/c1-6-27-15-9-8-14(10-16(15)28-7-2)21-17(24)11-23(5)12-18(25)22-19(26)20-13(3)4/h8-10,13H,6-7,11-12H2,1-5H3,(H,21,24)(H2,20,22,25,26)/p+1. The van der Waals surface area contributed by atoms with E-state index in [0.29, 0.717) is 35.3 Å². The SMILES string of the molecule is CCOc1ccc(NC(=O)C[NH+](C)CC(=O)NC(=O)NC(C)C)cc1OCC. The summed E-state index contributed by atoms with van der Waals surface area (Å²) < 4.78 is 11.0. The third kappa shape index (κ3) is 8.72. The van der Waals surface area contributed by atoms with Crippen LogP contribution in [0.25, 0.3) is 0 Å². The molecule has 28 heavy (non-hydrogen) atoms. The highest BCUT2D eigenvalue weighted by atomic mass is 16.5. The van der Waals surface area contributed by atoms with Crippen molar-refractivity contribution in [2.45, 2.75) is 33.7 Å². The molecular formula is C19H31N4O5+. The molecule has 1 atom stereocenters.